The Bertz CT molecular complexity index is 468. The Kier molecular flexibility index (Phi) is 2.35. The molecule has 0 aliphatic rings. The average Bonchev–Trinajstić information content (AvgIpc) is 2.51. The standard InChI is InChI=1S/C9H6Cl2N2O/c10-5-1-2-6(7(11)3-5)8-4-9(12)14-13-8/h1-4H,12H2. The first-order valence-electron chi connectivity index (χ1n) is 3.84. The molecule has 0 fully saturated rings. The fraction of sp³-hybridized carbons (Fsp3) is 0. The van der Waals surface area contributed by atoms with Crippen LogP contribution in [-0.4, -0.2) is 5.16 Å². The zero-order valence-electron chi connectivity index (χ0n) is 7.00. The number of hydrogen-bond donors (Lipinski definition) is 1. The van der Waals surface area contributed by atoms with Crippen LogP contribution in [0.1, 0.15) is 0 Å². The average molecular weight is 229 g/mol. The Morgan fingerprint density at radius 1 is 1.21 bits per heavy atom. The summed E-state index contributed by atoms with van der Waals surface area (Å²) in [6.07, 6.45) is 0. The summed E-state index contributed by atoms with van der Waals surface area (Å²) in [6, 6.07) is 6.74. The summed E-state index contributed by atoms with van der Waals surface area (Å²) in [4.78, 5) is 0. The van der Waals surface area contributed by atoms with E-state index in [2.05, 4.69) is 5.16 Å². The minimum Gasteiger partial charge on any atom is -0.368 e. The van der Waals surface area contributed by atoms with Crippen molar-refractivity contribution in [2.45, 2.75) is 0 Å². The molecule has 1 aromatic heterocycles. The second-order valence-electron chi connectivity index (χ2n) is 2.74. The summed E-state index contributed by atoms with van der Waals surface area (Å²) in [5.74, 6) is 0.256. The Morgan fingerprint density at radius 2 is 2.00 bits per heavy atom. The van der Waals surface area contributed by atoms with Gasteiger partial charge < -0.3 is 10.3 Å². The van der Waals surface area contributed by atoms with Crippen LogP contribution in [0.4, 0.5) is 5.88 Å². The Hall–Kier alpha value is -1.19. The highest BCUT2D eigenvalue weighted by Gasteiger charge is 2.08. The Morgan fingerprint density at radius 3 is 2.57 bits per heavy atom. The molecule has 2 aromatic rings. The number of hydrogen-bond acceptors (Lipinski definition) is 3. The zero-order valence-corrected chi connectivity index (χ0v) is 8.51. The van der Waals surface area contributed by atoms with E-state index in [0.29, 0.717) is 15.7 Å². The molecule has 0 aliphatic heterocycles. The van der Waals surface area contributed by atoms with Gasteiger partial charge in [0.15, 0.2) is 0 Å². The zero-order chi connectivity index (χ0) is 10.1. The topological polar surface area (TPSA) is 52.0 Å². The highest BCUT2D eigenvalue weighted by atomic mass is 35.5. The van der Waals surface area contributed by atoms with Gasteiger partial charge in [-0.05, 0) is 18.2 Å². The van der Waals surface area contributed by atoms with Gasteiger partial charge in [-0.2, -0.15) is 0 Å². The van der Waals surface area contributed by atoms with E-state index in [1.165, 1.54) is 0 Å². The van der Waals surface area contributed by atoms with Gasteiger partial charge in [0.1, 0.15) is 5.69 Å². The first-order valence-corrected chi connectivity index (χ1v) is 4.60. The van der Waals surface area contributed by atoms with Crippen LogP contribution in [-0.2, 0) is 0 Å². The largest absolute Gasteiger partial charge is 0.368 e. The Labute approximate surface area is 90.4 Å². The maximum atomic E-state index is 5.97. The molecule has 0 aliphatic carbocycles. The van der Waals surface area contributed by atoms with Crippen molar-refractivity contribution in [2.24, 2.45) is 0 Å². The Balaban J connectivity index is 2.52. The van der Waals surface area contributed by atoms with E-state index in [4.69, 9.17) is 33.5 Å². The lowest BCUT2D eigenvalue weighted by Crippen LogP contribution is -1.79. The van der Waals surface area contributed by atoms with Gasteiger partial charge in [-0.25, -0.2) is 0 Å². The van der Waals surface area contributed by atoms with Crippen molar-refractivity contribution < 1.29 is 4.52 Å². The van der Waals surface area contributed by atoms with Crippen LogP contribution in [0.3, 0.4) is 0 Å². The maximum Gasteiger partial charge on any atom is 0.222 e. The van der Waals surface area contributed by atoms with Gasteiger partial charge in [0.05, 0.1) is 5.02 Å². The molecule has 3 nitrogen and oxygen atoms in total. The molecule has 5 heteroatoms. The van der Waals surface area contributed by atoms with E-state index in [-0.39, 0.29) is 5.88 Å². The molecular formula is C9H6Cl2N2O. The highest BCUT2D eigenvalue weighted by Crippen LogP contribution is 2.30. The van der Waals surface area contributed by atoms with Crippen LogP contribution in [0.2, 0.25) is 10.0 Å². The molecule has 0 atom stereocenters. The molecular weight excluding hydrogens is 223 g/mol. The molecule has 0 spiro atoms. The molecule has 0 unspecified atom stereocenters. The van der Waals surface area contributed by atoms with Crippen molar-refractivity contribution >= 4 is 29.1 Å². The molecule has 14 heavy (non-hydrogen) atoms. The number of nitrogens with two attached hydrogens (primary N) is 1. The van der Waals surface area contributed by atoms with E-state index >= 15 is 0 Å². The second-order valence-corrected chi connectivity index (χ2v) is 3.58. The van der Waals surface area contributed by atoms with E-state index in [1.807, 2.05) is 0 Å². The summed E-state index contributed by atoms with van der Waals surface area (Å²) in [6.45, 7) is 0. The summed E-state index contributed by atoms with van der Waals surface area (Å²) >= 11 is 11.7. The fourth-order valence-electron chi connectivity index (χ4n) is 1.11. The molecule has 2 N–H and O–H groups in total. The molecule has 0 saturated carbocycles. The number of halogens is 2. The highest BCUT2D eigenvalue weighted by molar-refractivity contribution is 6.36. The van der Waals surface area contributed by atoms with Crippen LogP contribution < -0.4 is 5.73 Å². The van der Waals surface area contributed by atoms with Crippen molar-refractivity contribution in [3.05, 3.63) is 34.3 Å². The number of rotatable bonds is 1. The molecule has 0 saturated heterocycles. The van der Waals surface area contributed by atoms with Crippen molar-refractivity contribution in [1.82, 2.24) is 5.16 Å². The fourth-order valence-corrected chi connectivity index (χ4v) is 1.62. The lowest BCUT2D eigenvalue weighted by Gasteiger charge is -1.99. The molecule has 72 valence electrons. The SMILES string of the molecule is Nc1cc(-c2ccc(Cl)cc2Cl)no1. The summed E-state index contributed by atoms with van der Waals surface area (Å²) < 4.78 is 4.74. The predicted molar refractivity (Wildman–Crippen MR) is 56.4 cm³/mol. The third-order valence-electron chi connectivity index (χ3n) is 1.74. The summed E-state index contributed by atoms with van der Waals surface area (Å²) in [7, 11) is 0. The number of nitrogen functional groups attached to an aromatic ring is 1. The number of anilines is 1. The van der Waals surface area contributed by atoms with Crippen LogP contribution in [0.15, 0.2) is 28.8 Å². The molecule has 1 aromatic carbocycles. The third-order valence-corrected chi connectivity index (χ3v) is 2.28. The van der Waals surface area contributed by atoms with E-state index in [0.717, 1.165) is 5.56 Å². The first-order chi connectivity index (χ1) is 6.66. The van der Waals surface area contributed by atoms with E-state index in [9.17, 15) is 0 Å². The van der Waals surface area contributed by atoms with Gasteiger partial charge in [-0.1, -0.05) is 28.4 Å². The van der Waals surface area contributed by atoms with Crippen LogP contribution in [0.5, 0.6) is 0 Å². The van der Waals surface area contributed by atoms with Gasteiger partial charge in [-0.15, -0.1) is 0 Å². The smallest absolute Gasteiger partial charge is 0.222 e. The summed E-state index contributed by atoms with van der Waals surface area (Å²) in [5, 5.41) is 4.85. The van der Waals surface area contributed by atoms with Crippen LogP contribution in [0.25, 0.3) is 11.3 Å². The molecule has 0 radical (unpaired) electrons. The van der Waals surface area contributed by atoms with Crippen molar-refractivity contribution in [3.63, 3.8) is 0 Å². The predicted octanol–water partition coefficient (Wildman–Crippen LogP) is 3.23. The third kappa shape index (κ3) is 1.69. The van der Waals surface area contributed by atoms with Crippen LogP contribution in [0, 0.1) is 0 Å². The van der Waals surface area contributed by atoms with Gasteiger partial charge in [0, 0.05) is 16.7 Å². The van der Waals surface area contributed by atoms with E-state index in [1.54, 1.807) is 24.3 Å². The van der Waals surface area contributed by atoms with Crippen molar-refractivity contribution in [2.75, 3.05) is 5.73 Å². The first kappa shape index (κ1) is 9.37. The van der Waals surface area contributed by atoms with Crippen molar-refractivity contribution in [1.29, 1.82) is 0 Å². The lowest BCUT2D eigenvalue weighted by atomic mass is 10.1. The molecule has 1 heterocycles. The van der Waals surface area contributed by atoms with Crippen LogP contribution >= 0.6 is 23.2 Å². The normalized spacial score (nSPS) is 10.4. The van der Waals surface area contributed by atoms with Gasteiger partial charge in [0.25, 0.3) is 0 Å². The minimum atomic E-state index is 0.256. The van der Waals surface area contributed by atoms with E-state index < -0.39 is 0 Å². The maximum absolute atomic E-state index is 5.97. The monoisotopic (exact) mass is 228 g/mol. The van der Waals surface area contributed by atoms with Crippen molar-refractivity contribution in [3.8, 4) is 11.3 Å². The van der Waals surface area contributed by atoms with Gasteiger partial charge in [-0.3, -0.25) is 0 Å². The number of nitrogens with zero attached hydrogens (tertiary/aromatic N) is 1. The molecule has 2 rings (SSSR count). The molecule has 0 amide bonds. The number of benzene rings is 1. The van der Waals surface area contributed by atoms with Gasteiger partial charge in [0.2, 0.25) is 5.88 Å². The quantitative estimate of drug-likeness (QED) is 0.816. The molecule has 0 bridgehead atoms. The second kappa shape index (κ2) is 3.52. The lowest BCUT2D eigenvalue weighted by molar-refractivity contribution is 0.439. The van der Waals surface area contributed by atoms with Gasteiger partial charge >= 0.3 is 0 Å². The summed E-state index contributed by atoms with van der Waals surface area (Å²) in [5.41, 5.74) is 6.75. The minimum absolute atomic E-state index is 0.256. The number of aromatic nitrogens is 1.